The van der Waals surface area contributed by atoms with E-state index in [9.17, 15) is 8.42 Å². The number of nitrogens with zero attached hydrogens (tertiary/aromatic N) is 4. The van der Waals surface area contributed by atoms with E-state index in [-0.39, 0.29) is 0 Å². The Morgan fingerprint density at radius 1 is 1.24 bits per heavy atom. The fourth-order valence-electron chi connectivity index (χ4n) is 2.83. The van der Waals surface area contributed by atoms with Crippen molar-refractivity contribution in [2.45, 2.75) is 18.8 Å². The average Bonchev–Trinajstić information content (AvgIpc) is 3.14. The zero-order valence-electron chi connectivity index (χ0n) is 14.9. The van der Waals surface area contributed by atoms with Crippen molar-refractivity contribution in [1.82, 2.24) is 24.1 Å². The Bertz CT molecular complexity index is 1250. The summed E-state index contributed by atoms with van der Waals surface area (Å²) in [4.78, 5) is 8.81. The zero-order valence-corrected chi connectivity index (χ0v) is 18.6. The van der Waals surface area contributed by atoms with Gasteiger partial charge in [-0.15, -0.1) is 0 Å². The van der Waals surface area contributed by atoms with Crippen molar-refractivity contribution in [3.05, 3.63) is 68.4 Å². The summed E-state index contributed by atoms with van der Waals surface area (Å²) in [5.41, 5.74) is 1.10. The molecule has 0 aromatic carbocycles. The molecule has 3 aromatic rings. The number of rotatable bonds is 6. The number of aromatic amines is 1. The van der Waals surface area contributed by atoms with E-state index < -0.39 is 31.2 Å². The Balaban J connectivity index is 1.35. The van der Waals surface area contributed by atoms with E-state index in [4.69, 9.17) is 11.6 Å². The van der Waals surface area contributed by atoms with E-state index in [0.717, 1.165) is 9.27 Å². The van der Waals surface area contributed by atoms with Gasteiger partial charge in [0.1, 0.15) is 0 Å². The van der Waals surface area contributed by atoms with E-state index in [1.807, 2.05) is 6.07 Å². The fraction of sp³-hybridized carbons (Fsp3) is 0.167. The molecule has 0 bridgehead atoms. The van der Waals surface area contributed by atoms with Gasteiger partial charge in [-0.05, 0) is 0 Å². The molecule has 0 unspecified atom stereocenters. The van der Waals surface area contributed by atoms with Crippen LogP contribution in [0.1, 0.15) is 30.3 Å². The number of aromatic nitrogens is 5. The summed E-state index contributed by atoms with van der Waals surface area (Å²) in [6, 6.07) is 5.33. The molecule has 1 aliphatic heterocycles. The van der Waals surface area contributed by atoms with E-state index in [2.05, 4.69) is 25.5 Å². The molecule has 8 nitrogen and oxygen atoms in total. The van der Waals surface area contributed by atoms with Gasteiger partial charge in [-0.25, -0.2) is 0 Å². The van der Waals surface area contributed by atoms with Gasteiger partial charge in [0.2, 0.25) is 0 Å². The Kier molecular flexibility index (Phi) is 4.71. The molecule has 4 heterocycles. The van der Waals surface area contributed by atoms with Crippen LogP contribution >= 0.6 is 11.6 Å². The molecule has 0 radical (unpaired) electrons. The van der Waals surface area contributed by atoms with Crippen LogP contribution in [0.3, 0.4) is 0 Å². The summed E-state index contributed by atoms with van der Waals surface area (Å²) in [6.45, 7) is 0. The minimum atomic E-state index is -3.54. The molecule has 1 aliphatic carbocycles. The van der Waals surface area contributed by atoms with E-state index in [1.54, 1.807) is 24.3 Å². The van der Waals surface area contributed by atoms with Gasteiger partial charge in [0.15, 0.2) is 0 Å². The topological polar surface area (TPSA) is 106 Å². The van der Waals surface area contributed by atoms with Crippen molar-refractivity contribution in [1.29, 1.82) is 0 Å². The van der Waals surface area contributed by atoms with Crippen LogP contribution in [0.2, 0.25) is 5.02 Å². The zero-order chi connectivity index (χ0) is 20.0. The van der Waals surface area contributed by atoms with E-state index >= 15 is 0 Å². The number of nitrogens with one attached hydrogen (secondary N) is 2. The first kappa shape index (κ1) is 18.8. The van der Waals surface area contributed by atoms with Crippen LogP contribution in [0.25, 0.3) is 3.58 Å². The average molecular weight is 542 g/mol. The van der Waals surface area contributed by atoms with Crippen LogP contribution in [0.15, 0.2) is 51.9 Å². The van der Waals surface area contributed by atoms with Crippen molar-refractivity contribution in [3.63, 3.8) is 0 Å². The molecule has 29 heavy (non-hydrogen) atoms. The van der Waals surface area contributed by atoms with Crippen molar-refractivity contribution in [2.75, 3.05) is 5.32 Å². The summed E-state index contributed by atoms with van der Waals surface area (Å²) in [5, 5.41) is 10.8. The predicted molar refractivity (Wildman–Crippen MR) is 106 cm³/mol. The Hall–Kier alpha value is -2.18. The number of hydrogen-bond acceptors (Lipinski definition) is 6. The molecule has 0 spiro atoms. The molecule has 2 N–H and O–H groups in total. The number of halogens is 2. The second-order valence-electron chi connectivity index (χ2n) is 6.60. The van der Waals surface area contributed by atoms with Crippen molar-refractivity contribution in [3.8, 4) is 0 Å². The molecule has 1 fully saturated rings. The first-order valence-electron chi connectivity index (χ1n) is 8.81. The quantitative estimate of drug-likeness (QED) is 0.439. The summed E-state index contributed by atoms with van der Waals surface area (Å²) >= 11 is 5.31. The first-order valence-corrected chi connectivity index (χ1v) is 12.8. The van der Waals surface area contributed by atoms with Gasteiger partial charge < -0.3 is 0 Å². The molecule has 0 amide bonds. The van der Waals surface area contributed by atoms with Crippen LogP contribution in [-0.2, 0) is 10.0 Å². The normalized spacial score (nSPS) is 16.9. The van der Waals surface area contributed by atoms with Crippen LogP contribution < -0.4 is 26.5 Å². The molecule has 0 atom stereocenters. The molecule has 1 saturated carbocycles. The molecule has 150 valence electrons. The first-order chi connectivity index (χ1) is 14.0. The molecular weight excluding hydrogens is 527 g/mol. The SMILES string of the molecule is O=S(=O)(C1=CC=C(c2ncc(Cl)c(Nc3cc(C4CC4)[nH]n3)n2)[I-]1)n1cccc1. The number of H-pyrrole nitrogens is 1. The van der Waals surface area contributed by atoms with Crippen LogP contribution in [0, 0.1) is 0 Å². The van der Waals surface area contributed by atoms with E-state index in [1.165, 1.54) is 35.4 Å². The van der Waals surface area contributed by atoms with Crippen molar-refractivity contribution >= 4 is 36.8 Å². The molecule has 0 saturated heterocycles. The van der Waals surface area contributed by atoms with Gasteiger partial charge in [-0.2, -0.15) is 0 Å². The Morgan fingerprint density at radius 3 is 2.79 bits per heavy atom. The van der Waals surface area contributed by atoms with E-state index in [0.29, 0.717) is 31.3 Å². The van der Waals surface area contributed by atoms with Gasteiger partial charge in [-0.3, -0.25) is 0 Å². The predicted octanol–water partition coefficient (Wildman–Crippen LogP) is 0.439. The van der Waals surface area contributed by atoms with Crippen LogP contribution in [0.4, 0.5) is 11.6 Å². The fourth-order valence-corrected chi connectivity index (χ4v) is 7.83. The summed E-state index contributed by atoms with van der Waals surface area (Å²) < 4.78 is 27.8. The van der Waals surface area contributed by atoms with Gasteiger partial charge in [0.05, 0.1) is 0 Å². The van der Waals surface area contributed by atoms with Gasteiger partial charge in [0.25, 0.3) is 0 Å². The second-order valence-corrected chi connectivity index (χ2v) is 12.4. The second kappa shape index (κ2) is 7.26. The van der Waals surface area contributed by atoms with Crippen LogP contribution in [-0.4, -0.2) is 32.6 Å². The summed E-state index contributed by atoms with van der Waals surface area (Å²) in [7, 11) is -3.54. The standard InChI is InChI=1S/C18H15ClIN6O2S/c19-12-10-21-18(23-17(12)22-16-9-14(24-25-16)11-3-4-11)13-5-6-15(20-13)29(27,28)26-7-1-2-8-26/h1-2,5-11H,3-4H2,(H2,21,22,23,24,25)/q-1. The van der Waals surface area contributed by atoms with Crippen molar-refractivity contribution in [2.24, 2.45) is 0 Å². The Morgan fingerprint density at radius 2 is 2.03 bits per heavy atom. The maximum absolute atomic E-state index is 12.7. The van der Waals surface area contributed by atoms with Gasteiger partial charge in [0, 0.05) is 0 Å². The number of anilines is 2. The monoisotopic (exact) mass is 541 g/mol. The summed E-state index contributed by atoms with van der Waals surface area (Å²) in [5.74, 6) is 2.12. The third-order valence-corrected chi connectivity index (χ3v) is 10.7. The van der Waals surface area contributed by atoms with Gasteiger partial charge >= 0.3 is 183 Å². The molecule has 11 heteroatoms. The molecular formula is C18H15ClIN6O2S-. The Labute approximate surface area is 182 Å². The third-order valence-electron chi connectivity index (χ3n) is 4.48. The minimum absolute atomic E-state index is 0.370. The molecule has 3 aromatic heterocycles. The van der Waals surface area contributed by atoms with Crippen molar-refractivity contribution < 1.29 is 29.6 Å². The van der Waals surface area contributed by atoms with Crippen LogP contribution in [0.5, 0.6) is 0 Å². The molecule has 2 aliphatic rings. The third kappa shape index (κ3) is 3.71. The van der Waals surface area contributed by atoms with Gasteiger partial charge in [-0.1, -0.05) is 0 Å². The number of hydrogen-bond donors (Lipinski definition) is 2. The molecule has 5 rings (SSSR count). The summed E-state index contributed by atoms with van der Waals surface area (Å²) in [6.07, 6.45) is 10.3. The maximum atomic E-state index is 12.7. The number of allylic oxidation sites excluding steroid dienone is 2.